The molecular formula is C20H23N3OS. The van der Waals surface area contributed by atoms with Gasteiger partial charge in [-0.3, -0.25) is 5.43 Å². The highest BCUT2D eigenvalue weighted by atomic mass is 32.1. The molecule has 2 N–H and O–H groups in total. The third-order valence-corrected chi connectivity index (χ3v) is 3.62. The molecule has 0 unspecified atom stereocenters. The predicted octanol–water partition coefficient (Wildman–Crippen LogP) is 3.68. The van der Waals surface area contributed by atoms with Crippen LogP contribution in [0.5, 0.6) is 5.75 Å². The van der Waals surface area contributed by atoms with E-state index in [-0.39, 0.29) is 0 Å². The summed E-state index contributed by atoms with van der Waals surface area (Å²) < 4.78 is 5.77. The van der Waals surface area contributed by atoms with Crippen LogP contribution in [0.15, 0.2) is 72.4 Å². The Bertz CT molecular complexity index is 684. The Morgan fingerprint density at radius 3 is 2.60 bits per heavy atom. The molecule has 0 fully saturated rings. The third kappa shape index (κ3) is 7.63. The molecule has 0 aliphatic heterocycles. The second-order valence-corrected chi connectivity index (χ2v) is 5.78. The summed E-state index contributed by atoms with van der Waals surface area (Å²) in [5, 5.41) is 7.48. The van der Waals surface area contributed by atoms with Crippen molar-refractivity contribution in [3.63, 3.8) is 0 Å². The first-order valence-electron chi connectivity index (χ1n) is 8.22. The molecule has 0 aromatic heterocycles. The van der Waals surface area contributed by atoms with Gasteiger partial charge in [-0.15, -0.1) is 6.58 Å². The smallest absolute Gasteiger partial charge is 0.187 e. The van der Waals surface area contributed by atoms with Gasteiger partial charge >= 0.3 is 0 Å². The molecule has 0 saturated carbocycles. The summed E-state index contributed by atoms with van der Waals surface area (Å²) in [5.74, 6) is 0.862. The summed E-state index contributed by atoms with van der Waals surface area (Å²) in [6, 6.07) is 18.2. The molecule has 25 heavy (non-hydrogen) atoms. The zero-order valence-corrected chi connectivity index (χ0v) is 15.0. The first-order valence-corrected chi connectivity index (χ1v) is 8.63. The van der Waals surface area contributed by atoms with E-state index >= 15 is 0 Å². The van der Waals surface area contributed by atoms with Crippen molar-refractivity contribution in [3.8, 4) is 5.75 Å². The van der Waals surface area contributed by atoms with Crippen molar-refractivity contribution < 1.29 is 4.74 Å². The van der Waals surface area contributed by atoms with Crippen molar-refractivity contribution in [1.29, 1.82) is 0 Å². The average Bonchev–Trinajstić information content (AvgIpc) is 2.65. The molecule has 0 amide bonds. The number of benzene rings is 2. The topological polar surface area (TPSA) is 45.7 Å². The van der Waals surface area contributed by atoms with E-state index in [1.165, 1.54) is 5.56 Å². The molecule has 0 heterocycles. The van der Waals surface area contributed by atoms with Crippen LogP contribution in [0.1, 0.15) is 17.5 Å². The number of rotatable bonds is 9. The van der Waals surface area contributed by atoms with Crippen LogP contribution in [0.3, 0.4) is 0 Å². The summed E-state index contributed by atoms with van der Waals surface area (Å²) in [5.41, 5.74) is 5.06. The summed E-state index contributed by atoms with van der Waals surface area (Å²) >= 11 is 5.05. The van der Waals surface area contributed by atoms with Crippen LogP contribution in [0.4, 0.5) is 0 Å². The second-order valence-electron chi connectivity index (χ2n) is 5.38. The Balaban J connectivity index is 1.68. The van der Waals surface area contributed by atoms with Crippen molar-refractivity contribution in [2.75, 3.05) is 13.2 Å². The molecule has 2 rings (SSSR count). The molecule has 0 spiro atoms. The van der Waals surface area contributed by atoms with E-state index in [0.29, 0.717) is 18.3 Å². The summed E-state index contributed by atoms with van der Waals surface area (Å²) in [6.07, 6.45) is 5.46. The van der Waals surface area contributed by atoms with Gasteiger partial charge in [0, 0.05) is 6.54 Å². The minimum absolute atomic E-state index is 0.467. The van der Waals surface area contributed by atoms with Crippen LogP contribution >= 0.6 is 12.2 Å². The number of hydrazone groups is 1. The predicted molar refractivity (Wildman–Crippen MR) is 108 cm³/mol. The van der Waals surface area contributed by atoms with Crippen LogP contribution in [0.25, 0.3) is 0 Å². The highest BCUT2D eigenvalue weighted by molar-refractivity contribution is 7.80. The number of aryl methyl sites for hydroxylation is 1. The van der Waals surface area contributed by atoms with E-state index in [0.717, 1.165) is 24.2 Å². The van der Waals surface area contributed by atoms with Gasteiger partial charge in [0.1, 0.15) is 5.75 Å². The monoisotopic (exact) mass is 353 g/mol. The van der Waals surface area contributed by atoms with Gasteiger partial charge in [0.2, 0.25) is 0 Å². The molecule has 4 nitrogen and oxygen atoms in total. The first kappa shape index (κ1) is 18.7. The Morgan fingerprint density at radius 2 is 1.88 bits per heavy atom. The largest absolute Gasteiger partial charge is 0.494 e. The van der Waals surface area contributed by atoms with E-state index in [2.05, 4.69) is 46.7 Å². The Hall–Kier alpha value is -2.66. The summed E-state index contributed by atoms with van der Waals surface area (Å²) in [6.45, 7) is 4.92. The van der Waals surface area contributed by atoms with Gasteiger partial charge in [0.25, 0.3) is 0 Å². The normalized spacial score (nSPS) is 10.4. The molecule has 0 radical (unpaired) electrons. The standard InChI is InChI=1S/C20H23N3OS/c1-2-14-21-20(25)23-22-16-18-10-12-19(13-11-18)24-15-6-9-17-7-4-3-5-8-17/h2-5,7-8,10-13,16H,1,6,9,14-15H2,(H2,21,23,25)/b22-16+. The van der Waals surface area contributed by atoms with E-state index in [1.807, 2.05) is 30.3 Å². The number of ether oxygens (including phenoxy) is 1. The van der Waals surface area contributed by atoms with Crippen LogP contribution in [0.2, 0.25) is 0 Å². The van der Waals surface area contributed by atoms with Crippen LogP contribution in [-0.2, 0) is 6.42 Å². The number of nitrogens with one attached hydrogen (secondary N) is 2. The van der Waals surface area contributed by atoms with Gasteiger partial charge in [0.15, 0.2) is 5.11 Å². The molecule has 0 aliphatic carbocycles. The SMILES string of the molecule is C=CCNC(=S)N/N=C/c1ccc(OCCCc2ccccc2)cc1. The van der Waals surface area contributed by atoms with E-state index in [9.17, 15) is 0 Å². The summed E-state index contributed by atoms with van der Waals surface area (Å²) in [4.78, 5) is 0. The van der Waals surface area contributed by atoms with Crippen molar-refractivity contribution in [2.45, 2.75) is 12.8 Å². The van der Waals surface area contributed by atoms with Gasteiger partial charge in [-0.25, -0.2) is 0 Å². The number of hydrogen-bond acceptors (Lipinski definition) is 3. The fraction of sp³-hybridized carbons (Fsp3) is 0.200. The van der Waals surface area contributed by atoms with Gasteiger partial charge in [0.05, 0.1) is 12.8 Å². The van der Waals surface area contributed by atoms with Crippen molar-refractivity contribution in [3.05, 3.63) is 78.4 Å². The Kier molecular flexibility index (Phi) is 8.21. The molecule has 0 atom stereocenters. The number of nitrogens with zero attached hydrogens (tertiary/aromatic N) is 1. The quantitative estimate of drug-likeness (QED) is 0.237. The van der Waals surface area contributed by atoms with Crippen LogP contribution in [0, 0.1) is 0 Å². The Labute approximate surface area is 154 Å². The zero-order valence-electron chi connectivity index (χ0n) is 14.2. The van der Waals surface area contributed by atoms with Gasteiger partial charge in [-0.05, 0) is 60.5 Å². The van der Waals surface area contributed by atoms with E-state index in [1.54, 1.807) is 12.3 Å². The Morgan fingerprint density at radius 1 is 1.12 bits per heavy atom. The van der Waals surface area contributed by atoms with Crippen molar-refractivity contribution >= 4 is 23.5 Å². The lowest BCUT2D eigenvalue weighted by Crippen LogP contribution is -2.31. The average molecular weight is 353 g/mol. The highest BCUT2D eigenvalue weighted by Gasteiger charge is 1.96. The fourth-order valence-corrected chi connectivity index (χ4v) is 2.27. The minimum atomic E-state index is 0.467. The van der Waals surface area contributed by atoms with E-state index in [4.69, 9.17) is 17.0 Å². The molecule has 130 valence electrons. The lowest BCUT2D eigenvalue weighted by atomic mass is 10.1. The van der Waals surface area contributed by atoms with Gasteiger partial charge in [-0.2, -0.15) is 5.10 Å². The molecular weight excluding hydrogens is 330 g/mol. The zero-order chi connectivity index (χ0) is 17.7. The van der Waals surface area contributed by atoms with Crippen LogP contribution < -0.4 is 15.5 Å². The third-order valence-electron chi connectivity index (χ3n) is 3.39. The maximum Gasteiger partial charge on any atom is 0.187 e. The van der Waals surface area contributed by atoms with E-state index < -0.39 is 0 Å². The molecule has 0 bridgehead atoms. The highest BCUT2D eigenvalue weighted by Crippen LogP contribution is 2.12. The maximum atomic E-state index is 5.77. The lowest BCUT2D eigenvalue weighted by molar-refractivity contribution is 0.311. The minimum Gasteiger partial charge on any atom is -0.494 e. The van der Waals surface area contributed by atoms with Crippen molar-refractivity contribution in [2.24, 2.45) is 5.10 Å². The van der Waals surface area contributed by atoms with Crippen molar-refractivity contribution in [1.82, 2.24) is 10.7 Å². The van der Waals surface area contributed by atoms with Crippen LogP contribution in [-0.4, -0.2) is 24.5 Å². The molecule has 0 saturated heterocycles. The molecule has 0 aliphatic rings. The molecule has 2 aromatic carbocycles. The maximum absolute atomic E-state index is 5.77. The lowest BCUT2D eigenvalue weighted by Gasteiger charge is -2.06. The molecule has 2 aromatic rings. The number of thiocarbonyl (C=S) groups is 1. The first-order chi connectivity index (χ1) is 12.3. The number of hydrogen-bond donors (Lipinski definition) is 2. The second kappa shape index (κ2) is 11.0. The van der Waals surface area contributed by atoms with Gasteiger partial charge in [-0.1, -0.05) is 36.4 Å². The van der Waals surface area contributed by atoms with Gasteiger partial charge < -0.3 is 10.1 Å². The summed E-state index contributed by atoms with van der Waals surface area (Å²) in [7, 11) is 0. The molecule has 5 heteroatoms. The fourth-order valence-electron chi connectivity index (χ4n) is 2.13.